The van der Waals surface area contributed by atoms with Crippen molar-refractivity contribution in [1.29, 1.82) is 0 Å². The smallest absolute Gasteiger partial charge is 0.217 e. The molecule has 0 aliphatic rings. The lowest BCUT2D eigenvalue weighted by atomic mass is 10.1. The predicted octanol–water partition coefficient (Wildman–Crippen LogP) is 2.41. The highest BCUT2D eigenvalue weighted by molar-refractivity contribution is 9.10. The minimum Gasteiger partial charge on any atom is -0.370 e. The highest BCUT2D eigenvalue weighted by Crippen LogP contribution is 2.18. The van der Waals surface area contributed by atoms with Crippen molar-refractivity contribution in [3.8, 4) is 0 Å². The van der Waals surface area contributed by atoms with Crippen molar-refractivity contribution in [2.24, 2.45) is 5.73 Å². The van der Waals surface area contributed by atoms with Gasteiger partial charge in [0, 0.05) is 10.9 Å². The summed E-state index contributed by atoms with van der Waals surface area (Å²) in [4.78, 5) is 10.4. The van der Waals surface area contributed by atoms with Gasteiger partial charge in [0.15, 0.2) is 0 Å². The lowest BCUT2D eigenvalue weighted by molar-refractivity contribution is -0.117. The molecule has 0 saturated heterocycles. The number of benzene rings is 1. The molecule has 0 fully saturated rings. The van der Waals surface area contributed by atoms with Crippen molar-refractivity contribution in [2.45, 2.75) is 12.8 Å². The Morgan fingerprint density at radius 1 is 1.57 bits per heavy atom. The summed E-state index contributed by atoms with van der Waals surface area (Å²) < 4.78 is 13.9. The second-order valence-electron chi connectivity index (χ2n) is 2.87. The third-order valence-corrected chi connectivity index (χ3v) is 2.21. The third kappa shape index (κ3) is 3.46. The van der Waals surface area contributed by atoms with Crippen molar-refractivity contribution < 1.29 is 9.18 Å². The second-order valence-corrected chi connectivity index (χ2v) is 3.79. The number of primary amides is 1. The molecule has 1 rings (SSSR count). The zero-order valence-electron chi connectivity index (χ0n) is 7.47. The Balaban J connectivity index is 2.57. The normalized spacial score (nSPS) is 10.1. The first-order valence-corrected chi connectivity index (χ1v) is 4.95. The molecule has 1 aromatic rings. The van der Waals surface area contributed by atoms with E-state index >= 15 is 0 Å². The zero-order chi connectivity index (χ0) is 10.6. The molecule has 0 aliphatic carbocycles. The van der Waals surface area contributed by atoms with Gasteiger partial charge in [-0.1, -0.05) is 15.9 Å². The number of carbonyl (C=O) groups is 1. The molecule has 2 N–H and O–H groups in total. The summed E-state index contributed by atoms with van der Waals surface area (Å²) in [6.07, 6.45) is 2.36. The maximum absolute atomic E-state index is 13.1. The predicted molar refractivity (Wildman–Crippen MR) is 55.9 cm³/mol. The highest BCUT2D eigenvalue weighted by Gasteiger charge is 2.03. The molecule has 0 atom stereocenters. The van der Waals surface area contributed by atoms with Crippen molar-refractivity contribution in [3.05, 3.63) is 40.5 Å². The van der Waals surface area contributed by atoms with E-state index in [1.165, 1.54) is 6.07 Å². The van der Waals surface area contributed by atoms with E-state index in [1.807, 2.05) is 0 Å². The number of carbonyl (C=O) groups excluding carboxylic acids is 1. The van der Waals surface area contributed by atoms with Crippen LogP contribution in [0.1, 0.15) is 18.4 Å². The van der Waals surface area contributed by atoms with Gasteiger partial charge in [-0.2, -0.15) is 0 Å². The monoisotopic (exact) mass is 258 g/mol. The minimum atomic E-state index is -0.378. The Kier molecular flexibility index (Phi) is 4.07. The van der Waals surface area contributed by atoms with Crippen LogP contribution in [0.4, 0.5) is 4.39 Å². The van der Waals surface area contributed by atoms with Crippen LogP contribution in [0.3, 0.4) is 0 Å². The van der Waals surface area contributed by atoms with Gasteiger partial charge in [-0.05, 0) is 36.6 Å². The van der Waals surface area contributed by atoms with Crippen molar-refractivity contribution in [3.63, 3.8) is 0 Å². The van der Waals surface area contributed by atoms with Gasteiger partial charge in [0.1, 0.15) is 5.82 Å². The van der Waals surface area contributed by atoms with Crippen LogP contribution in [0.2, 0.25) is 0 Å². The van der Waals surface area contributed by atoms with Gasteiger partial charge in [-0.25, -0.2) is 4.39 Å². The summed E-state index contributed by atoms with van der Waals surface area (Å²) in [5, 5.41) is 0. The van der Waals surface area contributed by atoms with Gasteiger partial charge < -0.3 is 5.73 Å². The summed E-state index contributed by atoms with van der Waals surface area (Å²) in [5.41, 5.74) is 5.45. The van der Waals surface area contributed by atoms with E-state index < -0.39 is 0 Å². The molecule has 0 unspecified atom stereocenters. The average molecular weight is 259 g/mol. The number of amides is 1. The highest BCUT2D eigenvalue weighted by atomic mass is 79.9. The average Bonchev–Trinajstić information content (AvgIpc) is 2.10. The summed E-state index contributed by atoms with van der Waals surface area (Å²) in [5.74, 6) is -0.672. The molecule has 75 valence electrons. The molecule has 0 heterocycles. The number of hydrogen-bond acceptors (Lipinski definition) is 1. The molecule has 0 bridgehead atoms. The summed E-state index contributed by atoms with van der Waals surface area (Å²) in [6.45, 7) is 0. The zero-order valence-corrected chi connectivity index (χ0v) is 9.05. The van der Waals surface area contributed by atoms with Crippen LogP contribution in [0.25, 0.3) is 0 Å². The van der Waals surface area contributed by atoms with Crippen LogP contribution in [-0.4, -0.2) is 5.91 Å². The lowest BCUT2D eigenvalue weighted by Crippen LogP contribution is -2.09. The number of rotatable bonds is 4. The first-order valence-electron chi connectivity index (χ1n) is 4.16. The fraction of sp³-hybridized carbons (Fsp3) is 0.200. The van der Waals surface area contributed by atoms with Crippen LogP contribution in [-0.2, 0) is 4.79 Å². The van der Waals surface area contributed by atoms with E-state index in [-0.39, 0.29) is 18.1 Å². The fourth-order valence-electron chi connectivity index (χ4n) is 1.04. The maximum Gasteiger partial charge on any atom is 0.217 e. The van der Waals surface area contributed by atoms with E-state index in [2.05, 4.69) is 15.9 Å². The van der Waals surface area contributed by atoms with E-state index in [0.717, 1.165) is 4.47 Å². The SMILES string of the molecule is NC(=O)CC[CH]c1cc(Br)ccc1F. The first-order chi connectivity index (χ1) is 6.59. The number of halogens is 2. The molecule has 4 heteroatoms. The van der Waals surface area contributed by atoms with E-state index in [4.69, 9.17) is 5.73 Å². The lowest BCUT2D eigenvalue weighted by Gasteiger charge is -2.02. The molecule has 0 saturated carbocycles. The van der Waals surface area contributed by atoms with Gasteiger partial charge in [0.2, 0.25) is 5.91 Å². The quantitative estimate of drug-likeness (QED) is 0.886. The molecule has 0 aromatic heterocycles. The Morgan fingerprint density at radius 2 is 2.29 bits per heavy atom. The van der Waals surface area contributed by atoms with Crippen LogP contribution >= 0.6 is 15.9 Å². The molecular weight excluding hydrogens is 249 g/mol. The largest absolute Gasteiger partial charge is 0.370 e. The topological polar surface area (TPSA) is 43.1 Å². The molecule has 0 aliphatic heterocycles. The Morgan fingerprint density at radius 3 is 2.93 bits per heavy atom. The van der Waals surface area contributed by atoms with Crippen molar-refractivity contribution in [2.75, 3.05) is 0 Å². The van der Waals surface area contributed by atoms with Gasteiger partial charge in [0.05, 0.1) is 0 Å². The molecule has 1 aromatic carbocycles. The molecule has 1 radical (unpaired) electrons. The van der Waals surface area contributed by atoms with Crippen LogP contribution in [0.5, 0.6) is 0 Å². The van der Waals surface area contributed by atoms with E-state index in [1.54, 1.807) is 18.6 Å². The third-order valence-electron chi connectivity index (χ3n) is 1.71. The molecule has 1 amide bonds. The number of hydrogen-bond donors (Lipinski definition) is 1. The van der Waals surface area contributed by atoms with Gasteiger partial charge in [-0.15, -0.1) is 0 Å². The standard InChI is InChI=1S/C10H10BrFNO/c11-8-4-5-9(12)7(6-8)2-1-3-10(13)14/h2,4-6H,1,3H2,(H2,13,14). The molecule has 0 spiro atoms. The van der Waals surface area contributed by atoms with Crippen LogP contribution < -0.4 is 5.73 Å². The van der Waals surface area contributed by atoms with Gasteiger partial charge in [-0.3, -0.25) is 4.79 Å². The Hall–Kier alpha value is -0.900. The molecular formula is C10H10BrFNO. The second kappa shape index (κ2) is 5.10. The Bertz CT molecular complexity index is 341. The number of nitrogens with two attached hydrogens (primary N) is 1. The van der Waals surface area contributed by atoms with Gasteiger partial charge >= 0.3 is 0 Å². The van der Waals surface area contributed by atoms with Gasteiger partial charge in [0.25, 0.3) is 0 Å². The summed E-state index contributed by atoms with van der Waals surface area (Å²) >= 11 is 3.24. The maximum atomic E-state index is 13.1. The van der Waals surface area contributed by atoms with Crippen molar-refractivity contribution in [1.82, 2.24) is 0 Å². The minimum absolute atomic E-state index is 0.242. The van der Waals surface area contributed by atoms with Crippen molar-refractivity contribution >= 4 is 21.8 Å². The summed E-state index contributed by atoms with van der Waals surface area (Å²) in [6, 6.07) is 4.66. The summed E-state index contributed by atoms with van der Waals surface area (Å²) in [7, 11) is 0. The Labute approximate surface area is 90.4 Å². The molecule has 2 nitrogen and oxygen atoms in total. The first kappa shape index (κ1) is 11.2. The van der Waals surface area contributed by atoms with Crippen LogP contribution in [0, 0.1) is 12.2 Å². The fourth-order valence-corrected chi connectivity index (χ4v) is 1.42. The molecule has 14 heavy (non-hydrogen) atoms. The van der Waals surface area contributed by atoms with E-state index in [0.29, 0.717) is 12.0 Å². The van der Waals surface area contributed by atoms with Crippen LogP contribution in [0.15, 0.2) is 22.7 Å². The van der Waals surface area contributed by atoms with E-state index in [9.17, 15) is 9.18 Å².